The van der Waals surface area contributed by atoms with Gasteiger partial charge < -0.3 is 39.8 Å². The Morgan fingerprint density at radius 2 is 0.917 bits per heavy atom. The highest BCUT2D eigenvalue weighted by atomic mass is 16.6. The summed E-state index contributed by atoms with van der Waals surface area (Å²) in [5.41, 5.74) is 0. The third-order valence-electron chi connectivity index (χ3n) is 7.62. The Hall–Kier alpha value is -2.61. The molecule has 0 fully saturated rings. The molecule has 0 bridgehead atoms. The van der Waals surface area contributed by atoms with Crippen LogP contribution in [0.3, 0.4) is 0 Å². The van der Waals surface area contributed by atoms with Gasteiger partial charge in [0.2, 0.25) is 11.8 Å². The van der Waals surface area contributed by atoms with Crippen LogP contribution in [0.15, 0.2) is 0 Å². The fourth-order valence-electron chi connectivity index (χ4n) is 4.81. The minimum atomic E-state index is -1.15. The van der Waals surface area contributed by atoms with E-state index in [0.29, 0.717) is 65.7 Å². The number of amides is 2. The second-order valence-electron chi connectivity index (χ2n) is 12.1. The van der Waals surface area contributed by atoms with Gasteiger partial charge in [-0.3, -0.25) is 19.2 Å². The first-order valence-corrected chi connectivity index (χ1v) is 18.0. The molecule has 0 saturated heterocycles. The van der Waals surface area contributed by atoms with Crippen molar-refractivity contribution in [1.82, 2.24) is 10.6 Å². The summed E-state index contributed by atoms with van der Waals surface area (Å²) in [6.07, 6.45) is 16.2. The molecule has 48 heavy (non-hydrogen) atoms. The molecule has 4 N–H and O–H groups in total. The van der Waals surface area contributed by atoms with E-state index in [1.165, 1.54) is 51.9 Å². The number of hydrogen-bond acceptors (Lipinski definition) is 9. The zero-order chi connectivity index (χ0) is 35.5. The fraction of sp³-hybridized carbons (Fsp3) is 0.857. The maximum absolute atomic E-state index is 12.3. The highest BCUT2D eigenvalue weighted by Gasteiger charge is 2.20. The van der Waals surface area contributed by atoms with E-state index in [-0.39, 0.29) is 49.8 Å². The average molecular weight is 689 g/mol. The van der Waals surface area contributed by atoms with Gasteiger partial charge in [0.15, 0.2) is 0 Å². The van der Waals surface area contributed by atoms with E-state index in [1.807, 2.05) is 0 Å². The van der Waals surface area contributed by atoms with Crippen molar-refractivity contribution in [2.24, 2.45) is 0 Å². The zero-order valence-electron chi connectivity index (χ0n) is 29.4. The smallest absolute Gasteiger partial charge is 0.326 e. The molecule has 0 radical (unpaired) electrons. The molecule has 0 aromatic rings. The summed E-state index contributed by atoms with van der Waals surface area (Å²) < 4.78 is 21.4. The molecular formula is C35H64N2O11. The lowest BCUT2D eigenvalue weighted by Gasteiger charge is -2.14. The number of Topliss-reactive ketones (excluding diaryl/α,β-unsaturated/α-hetero) is 1. The van der Waals surface area contributed by atoms with Gasteiger partial charge in [0, 0.05) is 32.2 Å². The fourth-order valence-corrected chi connectivity index (χ4v) is 4.81. The summed E-state index contributed by atoms with van der Waals surface area (Å²) in [5.74, 6) is -2.37. The number of unbranched alkanes of at least 4 members (excludes halogenated alkanes) is 13. The third kappa shape index (κ3) is 34.7. The highest BCUT2D eigenvalue weighted by molar-refractivity contribution is 5.84. The lowest BCUT2D eigenvalue weighted by Crippen LogP contribution is -2.41. The van der Waals surface area contributed by atoms with Gasteiger partial charge in [-0.2, -0.15) is 0 Å². The van der Waals surface area contributed by atoms with E-state index in [2.05, 4.69) is 10.6 Å². The van der Waals surface area contributed by atoms with Crippen LogP contribution in [0.4, 0.5) is 0 Å². The Balaban J connectivity index is 3.61. The van der Waals surface area contributed by atoms with Crippen LogP contribution >= 0.6 is 0 Å². The van der Waals surface area contributed by atoms with Crippen LogP contribution in [-0.4, -0.2) is 105 Å². The van der Waals surface area contributed by atoms with E-state index in [1.54, 1.807) is 0 Å². The molecule has 1 atom stereocenters. The average Bonchev–Trinajstić information content (AvgIpc) is 3.04. The Kier molecular flexibility index (Phi) is 32.4. The molecule has 0 spiro atoms. The van der Waals surface area contributed by atoms with Crippen LogP contribution in [-0.2, 0) is 42.9 Å². The molecule has 0 aromatic heterocycles. The predicted molar refractivity (Wildman–Crippen MR) is 182 cm³/mol. The number of ketones is 1. The molecule has 0 aromatic carbocycles. The highest BCUT2D eigenvalue weighted by Crippen LogP contribution is 2.14. The number of rotatable bonds is 37. The van der Waals surface area contributed by atoms with Gasteiger partial charge in [-0.1, -0.05) is 77.0 Å². The third-order valence-corrected chi connectivity index (χ3v) is 7.62. The predicted octanol–water partition coefficient (Wildman–Crippen LogP) is 4.82. The zero-order valence-corrected chi connectivity index (χ0v) is 29.4. The summed E-state index contributed by atoms with van der Waals surface area (Å²) in [4.78, 5) is 57.2. The molecule has 0 aliphatic rings. The first kappa shape index (κ1) is 45.4. The van der Waals surface area contributed by atoms with Crippen LogP contribution in [0.1, 0.15) is 129 Å². The lowest BCUT2D eigenvalue weighted by molar-refractivity contribution is -0.142. The van der Waals surface area contributed by atoms with E-state index in [0.717, 1.165) is 38.5 Å². The molecule has 0 aliphatic heterocycles. The molecule has 0 rings (SSSR count). The summed E-state index contributed by atoms with van der Waals surface area (Å²) >= 11 is 0. The van der Waals surface area contributed by atoms with Crippen LogP contribution in [0, 0.1) is 0 Å². The summed E-state index contributed by atoms with van der Waals surface area (Å²) in [7, 11) is 0. The van der Waals surface area contributed by atoms with Crippen LogP contribution < -0.4 is 10.6 Å². The van der Waals surface area contributed by atoms with Crippen molar-refractivity contribution in [3.8, 4) is 0 Å². The number of aliphatic carboxylic acids is 2. The maximum atomic E-state index is 12.3. The van der Waals surface area contributed by atoms with E-state index >= 15 is 0 Å². The van der Waals surface area contributed by atoms with E-state index in [4.69, 9.17) is 24.1 Å². The molecule has 0 saturated carbocycles. The Bertz CT molecular complexity index is 841. The monoisotopic (exact) mass is 688 g/mol. The Morgan fingerprint density at radius 3 is 1.35 bits per heavy atom. The van der Waals surface area contributed by atoms with Crippen LogP contribution in [0.25, 0.3) is 0 Å². The van der Waals surface area contributed by atoms with Crippen molar-refractivity contribution in [2.45, 2.75) is 135 Å². The number of nitrogens with one attached hydrogen (secondary N) is 2. The second kappa shape index (κ2) is 34.3. The quantitative estimate of drug-likeness (QED) is 0.0656. The summed E-state index contributed by atoms with van der Waals surface area (Å²) in [6, 6.07) is -1.10. The van der Waals surface area contributed by atoms with Gasteiger partial charge in [-0.05, 0) is 26.2 Å². The summed E-state index contributed by atoms with van der Waals surface area (Å²) in [6.45, 7) is 4.96. The van der Waals surface area contributed by atoms with Crippen molar-refractivity contribution in [2.75, 3.05) is 59.4 Å². The lowest BCUT2D eigenvalue weighted by atomic mass is 10.0. The van der Waals surface area contributed by atoms with Gasteiger partial charge in [-0.15, -0.1) is 0 Å². The molecule has 13 nitrogen and oxygen atoms in total. The van der Waals surface area contributed by atoms with Crippen molar-refractivity contribution in [3.63, 3.8) is 0 Å². The maximum Gasteiger partial charge on any atom is 0.326 e. The Labute approximate surface area is 287 Å². The first-order chi connectivity index (χ1) is 23.2. The first-order valence-electron chi connectivity index (χ1n) is 18.0. The number of hydrogen-bond donors (Lipinski definition) is 4. The molecule has 280 valence electrons. The number of carbonyl (C=O) groups excluding carboxylic acids is 3. The van der Waals surface area contributed by atoms with Crippen molar-refractivity contribution < 1.29 is 53.1 Å². The molecular weight excluding hydrogens is 624 g/mol. The largest absolute Gasteiger partial charge is 0.481 e. The van der Waals surface area contributed by atoms with Gasteiger partial charge >= 0.3 is 11.9 Å². The normalized spacial score (nSPS) is 11.7. The van der Waals surface area contributed by atoms with Gasteiger partial charge in [0.25, 0.3) is 0 Å². The molecule has 13 heteroatoms. The molecule has 0 aliphatic carbocycles. The molecule has 2 amide bonds. The number of carbonyl (C=O) groups is 5. The number of carboxylic acids is 2. The summed E-state index contributed by atoms with van der Waals surface area (Å²) in [5, 5.41) is 23.3. The van der Waals surface area contributed by atoms with Crippen LogP contribution in [0.2, 0.25) is 0 Å². The van der Waals surface area contributed by atoms with E-state index in [9.17, 15) is 29.1 Å². The minimum absolute atomic E-state index is 0.0149. The van der Waals surface area contributed by atoms with Crippen LogP contribution in [0.5, 0.6) is 0 Å². The number of ether oxygens (including phenoxy) is 4. The molecule has 0 heterocycles. The van der Waals surface area contributed by atoms with Crippen molar-refractivity contribution in [3.05, 3.63) is 0 Å². The van der Waals surface area contributed by atoms with Gasteiger partial charge in [0.1, 0.15) is 11.8 Å². The van der Waals surface area contributed by atoms with E-state index < -0.39 is 18.0 Å². The van der Waals surface area contributed by atoms with Gasteiger partial charge in [-0.25, -0.2) is 4.79 Å². The SMILES string of the molecule is CC(=O)CCOCCOCCOCCOCCNC(=O)CCC(NC(=O)CCCCCCCCCCCCCCCCC(=O)O)C(=O)O. The number of carboxylic acid groups (broad SMARTS) is 2. The standard InChI is InChI=1S/C35H64N2O11/c1-30(38)20-22-45-24-26-47-28-29-48-27-25-46-23-21-36-32(39)19-18-31(35(43)44)37-33(40)16-14-12-10-8-6-4-2-3-5-7-9-11-13-15-17-34(41)42/h31H,2-29H2,1H3,(H,36,39)(H,37,40)(H,41,42)(H,43,44). The Morgan fingerprint density at radius 1 is 0.500 bits per heavy atom. The van der Waals surface area contributed by atoms with Crippen molar-refractivity contribution in [1.29, 1.82) is 0 Å². The van der Waals surface area contributed by atoms with Crippen molar-refractivity contribution >= 4 is 29.5 Å². The van der Waals surface area contributed by atoms with Gasteiger partial charge in [0.05, 0.1) is 52.9 Å². The molecule has 1 unspecified atom stereocenters. The topological polar surface area (TPSA) is 187 Å². The second-order valence-corrected chi connectivity index (χ2v) is 12.1. The minimum Gasteiger partial charge on any atom is -0.481 e.